The van der Waals surface area contributed by atoms with E-state index < -0.39 is 10.8 Å². The molecule has 1 aliphatic rings. The third-order valence-electron chi connectivity index (χ3n) is 5.28. The van der Waals surface area contributed by atoms with E-state index in [0.717, 1.165) is 22.9 Å². The van der Waals surface area contributed by atoms with Crippen molar-refractivity contribution in [1.29, 1.82) is 0 Å². The molecule has 0 spiro atoms. The van der Waals surface area contributed by atoms with Gasteiger partial charge >= 0.3 is 0 Å². The molecule has 9 heteroatoms. The highest BCUT2D eigenvalue weighted by Crippen LogP contribution is 2.32. The van der Waals surface area contributed by atoms with Gasteiger partial charge in [-0.1, -0.05) is 23.7 Å². The van der Waals surface area contributed by atoms with Crippen LogP contribution in [0, 0.1) is 10.1 Å². The molecule has 0 atom stereocenters. The number of hydrogen-bond acceptors (Lipinski definition) is 5. The molecule has 0 unspecified atom stereocenters. The highest BCUT2D eigenvalue weighted by atomic mass is 35.5. The number of benzene rings is 3. The molecule has 3 aromatic carbocycles. The maximum atomic E-state index is 12.6. The fourth-order valence-corrected chi connectivity index (χ4v) is 3.76. The lowest BCUT2D eigenvalue weighted by Gasteiger charge is -2.30. The van der Waals surface area contributed by atoms with E-state index in [2.05, 4.69) is 5.32 Å². The molecule has 0 bridgehead atoms. The van der Waals surface area contributed by atoms with Gasteiger partial charge in [-0.2, -0.15) is 0 Å². The van der Waals surface area contributed by atoms with Gasteiger partial charge in [-0.25, -0.2) is 0 Å². The fourth-order valence-electron chi connectivity index (χ4n) is 3.63. The summed E-state index contributed by atoms with van der Waals surface area (Å²) in [5, 5.41) is 14.5. The van der Waals surface area contributed by atoms with E-state index in [9.17, 15) is 19.7 Å². The van der Waals surface area contributed by atoms with E-state index in [4.69, 9.17) is 17.3 Å². The van der Waals surface area contributed by atoms with Crippen molar-refractivity contribution in [1.82, 2.24) is 0 Å². The monoisotopic (exact) mass is 450 g/mol. The van der Waals surface area contributed by atoms with Gasteiger partial charge in [-0.3, -0.25) is 19.7 Å². The zero-order valence-corrected chi connectivity index (χ0v) is 17.6. The normalized spacial score (nSPS) is 12.9. The lowest BCUT2D eigenvalue weighted by Crippen LogP contribution is -2.34. The number of hydrogen-bond donors (Lipinski definition) is 2. The van der Waals surface area contributed by atoms with E-state index in [-0.39, 0.29) is 22.8 Å². The molecule has 4 rings (SSSR count). The number of anilines is 3. The lowest BCUT2D eigenvalue weighted by atomic mass is 9.99. The van der Waals surface area contributed by atoms with Crippen molar-refractivity contribution in [3.05, 3.63) is 92.5 Å². The summed E-state index contributed by atoms with van der Waals surface area (Å²) in [6.07, 6.45) is 0.921. The van der Waals surface area contributed by atoms with E-state index >= 15 is 0 Å². The Bertz CT molecular complexity index is 1230. The number of nitrogen functional groups attached to an aromatic ring is 1. The second-order valence-corrected chi connectivity index (χ2v) is 7.87. The van der Waals surface area contributed by atoms with Crippen molar-refractivity contribution in [2.45, 2.75) is 19.4 Å². The molecule has 2 amide bonds. The van der Waals surface area contributed by atoms with Gasteiger partial charge in [0.05, 0.1) is 11.5 Å². The van der Waals surface area contributed by atoms with Gasteiger partial charge in [0.1, 0.15) is 5.69 Å². The Labute approximate surface area is 188 Å². The van der Waals surface area contributed by atoms with Gasteiger partial charge < -0.3 is 16.0 Å². The van der Waals surface area contributed by atoms with Crippen LogP contribution in [0.5, 0.6) is 0 Å². The molecule has 3 aromatic rings. The Morgan fingerprint density at radius 2 is 1.84 bits per heavy atom. The lowest BCUT2D eigenvalue weighted by molar-refractivity contribution is -0.383. The van der Waals surface area contributed by atoms with E-state index in [0.29, 0.717) is 30.1 Å². The van der Waals surface area contributed by atoms with Crippen LogP contribution in [-0.4, -0.2) is 16.7 Å². The van der Waals surface area contributed by atoms with Crippen LogP contribution in [-0.2, 0) is 17.8 Å². The summed E-state index contributed by atoms with van der Waals surface area (Å²) in [5.41, 5.74) is 8.61. The number of nitrogens with one attached hydrogen (secondary N) is 1. The summed E-state index contributed by atoms with van der Waals surface area (Å²) in [7, 11) is 0. The van der Waals surface area contributed by atoms with Crippen LogP contribution >= 0.6 is 11.6 Å². The highest BCUT2D eigenvalue weighted by Gasteiger charge is 2.25. The predicted octanol–water partition coefficient (Wildman–Crippen LogP) is 4.56. The zero-order valence-electron chi connectivity index (χ0n) is 16.9. The molecule has 1 aliphatic heterocycles. The maximum absolute atomic E-state index is 12.6. The van der Waals surface area contributed by atoms with Crippen molar-refractivity contribution >= 4 is 46.2 Å². The largest absolute Gasteiger partial charge is 0.393 e. The number of rotatable bonds is 5. The number of fused-ring (bicyclic) bond motifs is 1. The van der Waals surface area contributed by atoms with Gasteiger partial charge in [0, 0.05) is 34.4 Å². The number of carbonyl (C=O) groups excluding carboxylic acids is 2. The molecule has 0 radical (unpaired) electrons. The van der Waals surface area contributed by atoms with Crippen molar-refractivity contribution in [2.24, 2.45) is 0 Å². The number of aryl methyl sites for hydroxylation is 1. The summed E-state index contributed by atoms with van der Waals surface area (Å²) >= 11 is 5.94. The molecule has 0 saturated carbocycles. The number of nitro groups is 1. The van der Waals surface area contributed by atoms with Crippen LogP contribution in [0.4, 0.5) is 22.7 Å². The third kappa shape index (κ3) is 4.40. The third-order valence-corrected chi connectivity index (χ3v) is 5.53. The average molecular weight is 451 g/mol. The minimum Gasteiger partial charge on any atom is -0.393 e. The van der Waals surface area contributed by atoms with Crippen molar-refractivity contribution in [3.8, 4) is 0 Å². The van der Waals surface area contributed by atoms with Crippen LogP contribution in [0.1, 0.15) is 27.9 Å². The van der Waals surface area contributed by atoms with Crippen LogP contribution in [0.3, 0.4) is 0 Å². The minimum absolute atomic E-state index is 0.00854. The molecule has 1 heterocycles. The van der Waals surface area contributed by atoms with E-state index in [1.165, 1.54) is 12.1 Å². The number of halogens is 1. The number of nitrogens with zero attached hydrogens (tertiary/aromatic N) is 2. The number of nitrogens with two attached hydrogens (primary N) is 1. The molecule has 8 nitrogen and oxygen atoms in total. The quantitative estimate of drug-likeness (QED) is 0.335. The Morgan fingerprint density at radius 1 is 1.09 bits per heavy atom. The zero-order chi connectivity index (χ0) is 22.8. The van der Waals surface area contributed by atoms with Gasteiger partial charge in [-0.15, -0.1) is 0 Å². The van der Waals surface area contributed by atoms with Gasteiger partial charge in [0.15, 0.2) is 0 Å². The summed E-state index contributed by atoms with van der Waals surface area (Å²) < 4.78 is 0. The van der Waals surface area contributed by atoms with E-state index in [1.807, 2.05) is 18.2 Å². The van der Waals surface area contributed by atoms with Gasteiger partial charge in [-0.05, 0) is 60.0 Å². The fraction of sp³-hybridized carbons (Fsp3) is 0.130. The molecule has 162 valence electrons. The Hall–Kier alpha value is -3.91. The SMILES string of the molecule is Nc1ccc(C(=O)Nc2ccc3c(c2)CCC(=O)N3Cc2ccc(Cl)cc2)cc1[N+](=O)[O-]. The number of nitro benzene ring substituents is 1. The number of carbonyl (C=O) groups is 2. The van der Waals surface area contributed by atoms with E-state index in [1.54, 1.807) is 29.2 Å². The molecular formula is C23H19ClN4O4. The smallest absolute Gasteiger partial charge is 0.292 e. The summed E-state index contributed by atoms with van der Waals surface area (Å²) in [4.78, 5) is 37.3. The van der Waals surface area contributed by atoms with Crippen molar-refractivity contribution < 1.29 is 14.5 Å². The predicted molar refractivity (Wildman–Crippen MR) is 123 cm³/mol. The van der Waals surface area contributed by atoms with Crippen molar-refractivity contribution in [3.63, 3.8) is 0 Å². The molecule has 0 saturated heterocycles. The van der Waals surface area contributed by atoms with Gasteiger partial charge in [0.2, 0.25) is 5.91 Å². The molecule has 0 aliphatic carbocycles. The number of amides is 2. The van der Waals surface area contributed by atoms with Crippen LogP contribution in [0.2, 0.25) is 5.02 Å². The highest BCUT2D eigenvalue weighted by molar-refractivity contribution is 6.30. The molecule has 3 N–H and O–H groups in total. The summed E-state index contributed by atoms with van der Waals surface area (Å²) in [6.45, 7) is 0.420. The Balaban J connectivity index is 1.55. The average Bonchev–Trinajstić information content (AvgIpc) is 2.77. The summed E-state index contributed by atoms with van der Waals surface area (Å²) in [6, 6.07) is 16.6. The van der Waals surface area contributed by atoms with Crippen LogP contribution in [0.25, 0.3) is 0 Å². The first-order valence-corrected chi connectivity index (χ1v) is 10.2. The van der Waals surface area contributed by atoms with Crippen molar-refractivity contribution in [2.75, 3.05) is 16.0 Å². The second-order valence-electron chi connectivity index (χ2n) is 7.43. The maximum Gasteiger partial charge on any atom is 0.292 e. The van der Waals surface area contributed by atoms with Crippen LogP contribution < -0.4 is 16.0 Å². The molecular weight excluding hydrogens is 432 g/mol. The van der Waals surface area contributed by atoms with Crippen LogP contribution in [0.15, 0.2) is 60.7 Å². The Morgan fingerprint density at radius 3 is 2.56 bits per heavy atom. The topological polar surface area (TPSA) is 119 Å². The first-order valence-electron chi connectivity index (χ1n) is 9.85. The minimum atomic E-state index is -0.628. The molecule has 0 aromatic heterocycles. The first-order chi connectivity index (χ1) is 15.3. The molecule has 0 fully saturated rings. The standard InChI is InChI=1S/C23H19ClN4O4/c24-17-5-1-14(2-6-17)13-27-20-9-7-18(11-15(20)4-10-22(27)29)26-23(30)16-3-8-19(25)21(12-16)28(31)32/h1-3,5-9,11-12H,4,10,13,25H2,(H,26,30). The Kier molecular flexibility index (Phi) is 5.79. The summed E-state index contributed by atoms with van der Waals surface area (Å²) in [5.74, 6) is -0.462. The molecule has 32 heavy (non-hydrogen) atoms. The second kappa shape index (κ2) is 8.68. The van der Waals surface area contributed by atoms with Gasteiger partial charge in [0.25, 0.3) is 11.6 Å². The first kappa shape index (κ1) is 21.3.